The van der Waals surface area contributed by atoms with Gasteiger partial charge in [0.1, 0.15) is 0 Å². The lowest BCUT2D eigenvalue weighted by atomic mass is 9.87. The van der Waals surface area contributed by atoms with E-state index in [1.54, 1.807) is 6.20 Å². The number of hydrogen-bond acceptors (Lipinski definition) is 3. The molecule has 0 saturated heterocycles. The fourth-order valence-corrected chi connectivity index (χ4v) is 2.59. The molecular formula is C15H22N2O2. The average Bonchev–Trinajstić information content (AvgIpc) is 2.42. The van der Waals surface area contributed by atoms with Crippen molar-refractivity contribution in [3.05, 3.63) is 18.3 Å². The maximum absolute atomic E-state index is 12.0. The predicted molar refractivity (Wildman–Crippen MR) is 75.2 cm³/mol. The van der Waals surface area contributed by atoms with Crippen molar-refractivity contribution in [2.24, 2.45) is 5.92 Å². The molecule has 1 amide bonds. The number of anilines is 1. The highest BCUT2D eigenvalue weighted by Gasteiger charge is 2.18. The first-order valence-electron chi connectivity index (χ1n) is 7.17. The average molecular weight is 262 g/mol. The molecule has 1 N–H and O–H groups in total. The Labute approximate surface area is 114 Å². The monoisotopic (exact) mass is 262 g/mol. The summed E-state index contributed by atoms with van der Waals surface area (Å²) in [6.45, 7) is 2.48. The number of carbonyl (C=O) groups is 1. The smallest absolute Gasteiger partial charge is 0.225 e. The van der Waals surface area contributed by atoms with E-state index in [-0.39, 0.29) is 5.91 Å². The molecule has 1 aliphatic carbocycles. The van der Waals surface area contributed by atoms with Crippen LogP contribution in [0.4, 0.5) is 5.82 Å². The lowest BCUT2D eigenvalue weighted by molar-refractivity contribution is -0.117. The van der Waals surface area contributed by atoms with Gasteiger partial charge in [0.15, 0.2) is 11.6 Å². The first-order valence-corrected chi connectivity index (χ1v) is 7.17. The van der Waals surface area contributed by atoms with Crippen LogP contribution in [0, 0.1) is 5.92 Å². The van der Waals surface area contributed by atoms with Crippen molar-refractivity contribution >= 4 is 11.7 Å². The topological polar surface area (TPSA) is 51.2 Å². The van der Waals surface area contributed by atoms with E-state index < -0.39 is 0 Å². The van der Waals surface area contributed by atoms with E-state index >= 15 is 0 Å². The van der Waals surface area contributed by atoms with Gasteiger partial charge in [-0.2, -0.15) is 0 Å². The summed E-state index contributed by atoms with van der Waals surface area (Å²) in [7, 11) is 0. The van der Waals surface area contributed by atoms with Gasteiger partial charge in [0.25, 0.3) is 0 Å². The predicted octanol–water partition coefficient (Wildman–Crippen LogP) is 3.39. The number of rotatable bonds is 5. The molecule has 1 fully saturated rings. The molecule has 2 rings (SSSR count). The van der Waals surface area contributed by atoms with Crippen molar-refractivity contribution in [1.82, 2.24) is 4.98 Å². The molecule has 0 aliphatic heterocycles. The lowest BCUT2D eigenvalue weighted by Gasteiger charge is -2.20. The van der Waals surface area contributed by atoms with Crippen LogP contribution in [0.15, 0.2) is 18.3 Å². The number of amides is 1. The summed E-state index contributed by atoms with van der Waals surface area (Å²) < 4.78 is 5.45. The fourth-order valence-electron chi connectivity index (χ4n) is 2.59. The molecule has 1 aliphatic rings. The number of pyridine rings is 1. The van der Waals surface area contributed by atoms with Crippen LogP contribution in [-0.2, 0) is 4.79 Å². The molecule has 1 saturated carbocycles. The van der Waals surface area contributed by atoms with Gasteiger partial charge in [-0.25, -0.2) is 4.98 Å². The van der Waals surface area contributed by atoms with Crippen LogP contribution in [0.3, 0.4) is 0 Å². The summed E-state index contributed by atoms with van der Waals surface area (Å²) in [6.07, 6.45) is 8.44. The van der Waals surface area contributed by atoms with Gasteiger partial charge in [-0.15, -0.1) is 0 Å². The minimum absolute atomic E-state index is 0.0477. The quantitative estimate of drug-likeness (QED) is 0.885. The van der Waals surface area contributed by atoms with Gasteiger partial charge >= 0.3 is 0 Å². The zero-order chi connectivity index (χ0) is 13.5. The van der Waals surface area contributed by atoms with Gasteiger partial charge in [0.05, 0.1) is 6.61 Å². The molecule has 4 heteroatoms. The Balaban J connectivity index is 1.90. The van der Waals surface area contributed by atoms with Gasteiger partial charge in [-0.05, 0) is 37.8 Å². The van der Waals surface area contributed by atoms with Crippen molar-refractivity contribution in [2.75, 3.05) is 11.9 Å². The lowest BCUT2D eigenvalue weighted by Crippen LogP contribution is -2.19. The Morgan fingerprint density at radius 1 is 1.42 bits per heavy atom. The van der Waals surface area contributed by atoms with Gasteiger partial charge < -0.3 is 10.1 Å². The number of nitrogens with zero attached hydrogens (tertiary/aromatic N) is 1. The molecule has 19 heavy (non-hydrogen) atoms. The summed E-state index contributed by atoms with van der Waals surface area (Å²) in [5.74, 6) is 1.76. The second-order valence-corrected chi connectivity index (χ2v) is 5.04. The molecule has 1 aromatic rings. The van der Waals surface area contributed by atoms with E-state index in [0.29, 0.717) is 30.5 Å². The Hall–Kier alpha value is -1.58. The number of hydrogen-bond donors (Lipinski definition) is 1. The largest absolute Gasteiger partial charge is 0.490 e. The Morgan fingerprint density at radius 3 is 2.95 bits per heavy atom. The minimum atomic E-state index is 0.0477. The zero-order valence-electron chi connectivity index (χ0n) is 11.5. The first kappa shape index (κ1) is 13.8. The summed E-state index contributed by atoms with van der Waals surface area (Å²) in [6, 6.07) is 3.63. The van der Waals surface area contributed by atoms with Crippen LogP contribution in [0.5, 0.6) is 5.75 Å². The van der Waals surface area contributed by atoms with Gasteiger partial charge in [0.2, 0.25) is 5.91 Å². The molecule has 4 nitrogen and oxygen atoms in total. The number of ether oxygens (including phenoxy) is 1. The summed E-state index contributed by atoms with van der Waals surface area (Å²) >= 11 is 0. The van der Waals surface area contributed by atoms with Crippen molar-refractivity contribution in [3.63, 3.8) is 0 Å². The van der Waals surface area contributed by atoms with Gasteiger partial charge in [0, 0.05) is 12.6 Å². The van der Waals surface area contributed by atoms with Crippen molar-refractivity contribution in [3.8, 4) is 5.75 Å². The second-order valence-electron chi connectivity index (χ2n) is 5.04. The van der Waals surface area contributed by atoms with E-state index in [0.717, 1.165) is 0 Å². The first-order chi connectivity index (χ1) is 9.29. The number of nitrogens with one attached hydrogen (secondary N) is 1. The maximum atomic E-state index is 12.0. The van der Waals surface area contributed by atoms with E-state index in [1.165, 1.54) is 32.1 Å². The van der Waals surface area contributed by atoms with Gasteiger partial charge in [-0.1, -0.05) is 19.3 Å². The third-order valence-corrected chi connectivity index (χ3v) is 3.53. The molecular weight excluding hydrogens is 240 g/mol. The molecule has 0 bridgehead atoms. The fraction of sp³-hybridized carbons (Fsp3) is 0.600. The van der Waals surface area contributed by atoms with Gasteiger partial charge in [-0.3, -0.25) is 4.79 Å². The summed E-state index contributed by atoms with van der Waals surface area (Å²) in [5, 5.41) is 2.87. The molecule has 0 atom stereocenters. The van der Waals surface area contributed by atoms with Crippen LogP contribution >= 0.6 is 0 Å². The molecule has 0 spiro atoms. The normalized spacial score (nSPS) is 16.1. The Bertz CT molecular complexity index is 414. The minimum Gasteiger partial charge on any atom is -0.490 e. The number of aromatic nitrogens is 1. The van der Waals surface area contributed by atoms with Crippen molar-refractivity contribution in [2.45, 2.75) is 45.4 Å². The zero-order valence-corrected chi connectivity index (χ0v) is 11.5. The summed E-state index contributed by atoms with van der Waals surface area (Å²) in [4.78, 5) is 16.2. The molecule has 0 aromatic carbocycles. The van der Waals surface area contributed by atoms with E-state index in [9.17, 15) is 4.79 Å². The van der Waals surface area contributed by atoms with Crippen LogP contribution < -0.4 is 10.1 Å². The Morgan fingerprint density at radius 2 is 2.21 bits per heavy atom. The van der Waals surface area contributed by atoms with Crippen molar-refractivity contribution in [1.29, 1.82) is 0 Å². The standard InChI is InChI=1S/C15H22N2O2/c1-2-19-13-9-6-10-16-15(13)17-14(18)11-12-7-4-3-5-8-12/h6,9-10,12H,2-5,7-8,11H2,1H3,(H,16,17,18). The summed E-state index contributed by atoms with van der Waals surface area (Å²) in [5.41, 5.74) is 0. The highest BCUT2D eigenvalue weighted by molar-refractivity contribution is 5.91. The third kappa shape index (κ3) is 4.23. The highest BCUT2D eigenvalue weighted by atomic mass is 16.5. The molecule has 1 heterocycles. The van der Waals surface area contributed by atoms with Crippen LogP contribution in [-0.4, -0.2) is 17.5 Å². The van der Waals surface area contributed by atoms with Crippen molar-refractivity contribution < 1.29 is 9.53 Å². The van der Waals surface area contributed by atoms with E-state index in [4.69, 9.17) is 4.74 Å². The van der Waals surface area contributed by atoms with E-state index in [1.807, 2.05) is 19.1 Å². The number of carbonyl (C=O) groups excluding carboxylic acids is 1. The Kier molecular flexibility index (Phi) is 5.19. The second kappa shape index (κ2) is 7.12. The van der Waals surface area contributed by atoms with Crippen LogP contribution in [0.25, 0.3) is 0 Å². The molecule has 0 radical (unpaired) electrons. The molecule has 1 aromatic heterocycles. The molecule has 104 valence electrons. The molecule has 0 unspecified atom stereocenters. The SMILES string of the molecule is CCOc1cccnc1NC(=O)CC1CCCCC1. The highest BCUT2D eigenvalue weighted by Crippen LogP contribution is 2.27. The maximum Gasteiger partial charge on any atom is 0.225 e. The third-order valence-electron chi connectivity index (χ3n) is 3.53. The van der Waals surface area contributed by atoms with E-state index in [2.05, 4.69) is 10.3 Å². The van der Waals surface area contributed by atoms with Crippen LogP contribution in [0.1, 0.15) is 45.4 Å². The van der Waals surface area contributed by atoms with Crippen LogP contribution in [0.2, 0.25) is 0 Å².